The van der Waals surface area contributed by atoms with Gasteiger partial charge in [-0.2, -0.15) is 0 Å². The van der Waals surface area contributed by atoms with Crippen molar-refractivity contribution >= 4 is 17.5 Å². The van der Waals surface area contributed by atoms with Gasteiger partial charge in [-0.25, -0.2) is 4.79 Å². The molecule has 5 heteroatoms. The molecule has 0 amide bonds. The largest absolute Gasteiger partial charge is 0.458 e. The summed E-state index contributed by atoms with van der Waals surface area (Å²) in [4.78, 5) is 24.0. The summed E-state index contributed by atoms with van der Waals surface area (Å²) in [5.41, 5.74) is 1.33. The van der Waals surface area contributed by atoms with Crippen molar-refractivity contribution in [2.24, 2.45) is 0 Å². The third-order valence-corrected chi connectivity index (χ3v) is 5.51. The van der Waals surface area contributed by atoms with E-state index in [9.17, 15) is 14.7 Å². The Hall–Kier alpha value is -2.14. The number of aliphatic hydroxyl groups excluding tert-OH is 1. The van der Waals surface area contributed by atoms with Crippen molar-refractivity contribution in [3.63, 3.8) is 0 Å². The molecule has 0 fully saturated rings. The van der Waals surface area contributed by atoms with Crippen LogP contribution in [0.3, 0.4) is 0 Å². The first-order chi connectivity index (χ1) is 14.5. The minimum atomic E-state index is -1.37. The Morgan fingerprint density at radius 2 is 1.57 bits per heavy atom. The van der Waals surface area contributed by atoms with Gasteiger partial charge in [0.15, 0.2) is 0 Å². The number of carbonyl (C=O) groups is 2. The minimum absolute atomic E-state index is 0.307. The Morgan fingerprint density at radius 3 is 2.13 bits per heavy atom. The fraction of sp³-hybridized carbons (Fsp3) is 0.600. The summed E-state index contributed by atoms with van der Waals surface area (Å²) in [5.74, 6) is -1.01. The molecule has 0 saturated carbocycles. The molecule has 166 valence electrons. The first kappa shape index (κ1) is 24.1. The molecule has 1 aromatic carbocycles. The maximum atomic E-state index is 12.3. The Bertz CT molecular complexity index is 695. The summed E-state index contributed by atoms with van der Waals surface area (Å²) in [5, 5.41) is 10.3. The van der Waals surface area contributed by atoms with E-state index in [1.807, 2.05) is 18.2 Å². The molecular formula is C25H36O5. The number of unbranched alkanes of at least 4 members (excludes halogenated alkanes) is 9. The molecule has 0 spiro atoms. The van der Waals surface area contributed by atoms with Crippen LogP contribution in [0.4, 0.5) is 0 Å². The highest BCUT2D eigenvalue weighted by atomic mass is 16.6. The highest BCUT2D eigenvalue weighted by Gasteiger charge is 2.39. The van der Waals surface area contributed by atoms with Crippen LogP contribution < -0.4 is 0 Å². The van der Waals surface area contributed by atoms with Crippen molar-refractivity contribution in [3.8, 4) is 0 Å². The molecule has 0 radical (unpaired) electrons. The number of hydrogen-bond donors (Lipinski definition) is 1. The molecule has 0 saturated heterocycles. The number of aliphatic hydroxyl groups is 1. The van der Waals surface area contributed by atoms with E-state index < -0.39 is 24.3 Å². The van der Waals surface area contributed by atoms with Crippen LogP contribution in [-0.2, 0) is 19.1 Å². The average Bonchev–Trinajstić information content (AvgIpc) is 3.02. The molecule has 1 N–H and O–H groups in total. The van der Waals surface area contributed by atoms with Gasteiger partial charge in [0.1, 0.15) is 6.10 Å². The topological polar surface area (TPSA) is 72.8 Å². The Labute approximate surface area is 180 Å². The third-order valence-electron chi connectivity index (χ3n) is 5.51. The lowest BCUT2D eigenvalue weighted by molar-refractivity contribution is -0.153. The van der Waals surface area contributed by atoms with Crippen LogP contribution in [0.5, 0.6) is 0 Å². The van der Waals surface area contributed by atoms with Crippen LogP contribution >= 0.6 is 0 Å². The fourth-order valence-electron chi connectivity index (χ4n) is 3.97. The maximum Gasteiger partial charge on any atom is 0.341 e. The van der Waals surface area contributed by atoms with E-state index in [-0.39, 0.29) is 0 Å². The second-order valence-corrected chi connectivity index (χ2v) is 8.02. The normalized spacial score (nSPS) is 17.2. The molecule has 1 aliphatic heterocycles. The number of ether oxygens (including phenoxy) is 2. The lowest BCUT2D eigenvalue weighted by Gasteiger charge is -2.20. The number of carbonyl (C=O) groups excluding carboxylic acids is 2. The summed E-state index contributed by atoms with van der Waals surface area (Å²) in [6, 6.07) is 9.08. The van der Waals surface area contributed by atoms with E-state index in [4.69, 9.17) is 9.47 Å². The van der Waals surface area contributed by atoms with Crippen molar-refractivity contribution in [2.75, 3.05) is 0 Å². The molecule has 2 unspecified atom stereocenters. The molecule has 1 heterocycles. The van der Waals surface area contributed by atoms with Crippen LogP contribution in [0.25, 0.3) is 5.57 Å². The number of rotatable bonds is 14. The first-order valence-corrected chi connectivity index (χ1v) is 11.4. The van der Waals surface area contributed by atoms with Gasteiger partial charge in [-0.3, -0.25) is 4.79 Å². The summed E-state index contributed by atoms with van der Waals surface area (Å²) in [6.45, 7) is 3.58. The molecule has 1 aromatic rings. The molecule has 1 aliphatic rings. The van der Waals surface area contributed by atoms with Crippen LogP contribution in [0.1, 0.15) is 90.0 Å². The van der Waals surface area contributed by atoms with E-state index in [2.05, 4.69) is 6.92 Å². The van der Waals surface area contributed by atoms with Crippen LogP contribution in [-0.4, -0.2) is 29.4 Å². The second-order valence-electron chi connectivity index (χ2n) is 8.02. The molecule has 0 aromatic heterocycles. The smallest absolute Gasteiger partial charge is 0.341 e. The van der Waals surface area contributed by atoms with Crippen LogP contribution in [0.2, 0.25) is 0 Å². The van der Waals surface area contributed by atoms with Gasteiger partial charge >= 0.3 is 11.9 Å². The lowest BCUT2D eigenvalue weighted by atomic mass is 9.94. The van der Waals surface area contributed by atoms with Crippen LogP contribution in [0.15, 0.2) is 35.9 Å². The highest BCUT2D eigenvalue weighted by Crippen LogP contribution is 2.34. The number of cyclic esters (lactones) is 1. The highest BCUT2D eigenvalue weighted by molar-refractivity contribution is 6.19. The van der Waals surface area contributed by atoms with E-state index in [0.717, 1.165) is 19.3 Å². The minimum Gasteiger partial charge on any atom is -0.458 e. The number of esters is 2. The van der Waals surface area contributed by atoms with Gasteiger partial charge in [0.25, 0.3) is 0 Å². The molecule has 30 heavy (non-hydrogen) atoms. The predicted molar refractivity (Wildman–Crippen MR) is 117 cm³/mol. The monoisotopic (exact) mass is 416 g/mol. The number of hydrogen-bond acceptors (Lipinski definition) is 5. The fourth-order valence-corrected chi connectivity index (χ4v) is 3.97. The lowest BCUT2D eigenvalue weighted by Crippen LogP contribution is -2.25. The zero-order valence-electron chi connectivity index (χ0n) is 18.4. The van der Waals surface area contributed by atoms with Crippen molar-refractivity contribution in [1.29, 1.82) is 0 Å². The average molecular weight is 417 g/mol. The van der Waals surface area contributed by atoms with Gasteiger partial charge in [-0.1, -0.05) is 95.0 Å². The number of benzene rings is 1. The molecule has 0 aliphatic carbocycles. The van der Waals surface area contributed by atoms with E-state index in [0.29, 0.717) is 23.1 Å². The van der Waals surface area contributed by atoms with Gasteiger partial charge in [0.05, 0.1) is 11.1 Å². The molecule has 0 bridgehead atoms. The summed E-state index contributed by atoms with van der Waals surface area (Å²) < 4.78 is 10.6. The summed E-state index contributed by atoms with van der Waals surface area (Å²) in [7, 11) is 0. The van der Waals surface area contributed by atoms with Crippen molar-refractivity contribution in [1.82, 2.24) is 0 Å². The molecule has 5 nitrogen and oxygen atoms in total. The summed E-state index contributed by atoms with van der Waals surface area (Å²) in [6.07, 6.45) is 10.6. The Balaban J connectivity index is 1.92. The zero-order chi connectivity index (χ0) is 21.8. The molecule has 2 rings (SSSR count). The van der Waals surface area contributed by atoms with Gasteiger partial charge in [0, 0.05) is 6.92 Å². The van der Waals surface area contributed by atoms with Gasteiger partial charge in [-0.05, 0) is 18.4 Å². The maximum absolute atomic E-state index is 12.3. The molecular weight excluding hydrogens is 380 g/mol. The van der Waals surface area contributed by atoms with Crippen molar-refractivity contribution in [2.45, 2.75) is 96.9 Å². The quantitative estimate of drug-likeness (QED) is 0.318. The van der Waals surface area contributed by atoms with E-state index in [1.54, 1.807) is 12.1 Å². The Kier molecular flexibility index (Phi) is 10.6. The molecule has 2 atom stereocenters. The van der Waals surface area contributed by atoms with Gasteiger partial charge in [0.2, 0.25) is 6.29 Å². The standard InChI is InChI=1S/C25H36O5/c1-3-4-5-6-7-8-9-10-11-15-18-21(29-19(2)26)23-22(24(27)30-25(23)28)20-16-13-12-14-17-20/h12-14,16-17,21,25,28H,3-11,15,18H2,1-2H3. The summed E-state index contributed by atoms with van der Waals surface area (Å²) >= 11 is 0. The van der Waals surface area contributed by atoms with Gasteiger partial charge < -0.3 is 14.6 Å². The van der Waals surface area contributed by atoms with E-state index in [1.165, 1.54) is 51.9 Å². The van der Waals surface area contributed by atoms with Crippen molar-refractivity contribution in [3.05, 3.63) is 41.5 Å². The first-order valence-electron chi connectivity index (χ1n) is 11.4. The van der Waals surface area contributed by atoms with Crippen LogP contribution in [0, 0.1) is 0 Å². The third kappa shape index (κ3) is 7.60. The Morgan fingerprint density at radius 1 is 1.00 bits per heavy atom. The zero-order valence-corrected chi connectivity index (χ0v) is 18.4. The van der Waals surface area contributed by atoms with E-state index >= 15 is 0 Å². The predicted octanol–water partition coefficient (Wildman–Crippen LogP) is 5.56. The SMILES string of the molecule is CCCCCCCCCCCCC(OC(C)=O)C1=C(c2ccccc2)C(=O)OC1O. The van der Waals surface area contributed by atoms with Crippen molar-refractivity contribution < 1.29 is 24.2 Å². The second kappa shape index (κ2) is 13.2. The van der Waals surface area contributed by atoms with Gasteiger partial charge in [-0.15, -0.1) is 0 Å².